The maximum Gasteiger partial charge on any atom is 0.193 e. The number of aliphatic imine (C=N–C) groups is 1. The van der Waals surface area contributed by atoms with Gasteiger partial charge in [-0.05, 0) is 81.1 Å². The minimum Gasteiger partial charge on any atom is -0.494 e. The Hall–Kier alpha value is -1.80. The highest BCUT2D eigenvalue weighted by Gasteiger charge is 2.13. The molecular formula is C23H33IN4O. The smallest absolute Gasteiger partial charge is 0.193 e. The van der Waals surface area contributed by atoms with Crippen molar-refractivity contribution in [1.29, 1.82) is 0 Å². The van der Waals surface area contributed by atoms with Crippen LogP contribution in [-0.4, -0.2) is 38.1 Å². The normalized spacial score (nSPS) is 13.6. The Morgan fingerprint density at radius 2 is 1.86 bits per heavy atom. The van der Waals surface area contributed by atoms with Gasteiger partial charge in [0.25, 0.3) is 0 Å². The fourth-order valence-electron chi connectivity index (χ4n) is 3.51. The Kier molecular flexibility index (Phi) is 9.73. The quantitative estimate of drug-likeness (QED) is 0.240. The van der Waals surface area contributed by atoms with Gasteiger partial charge in [-0.25, -0.2) is 4.99 Å². The van der Waals surface area contributed by atoms with Crippen molar-refractivity contribution >= 4 is 35.6 Å². The Morgan fingerprint density at radius 1 is 1.10 bits per heavy atom. The van der Waals surface area contributed by atoms with Crippen molar-refractivity contribution in [1.82, 2.24) is 4.90 Å². The summed E-state index contributed by atoms with van der Waals surface area (Å²) in [6.07, 6.45) is 5.80. The average molecular weight is 508 g/mol. The van der Waals surface area contributed by atoms with Crippen LogP contribution in [0.2, 0.25) is 0 Å². The van der Waals surface area contributed by atoms with E-state index in [0.29, 0.717) is 12.5 Å². The zero-order valence-corrected chi connectivity index (χ0v) is 19.8. The van der Waals surface area contributed by atoms with Crippen LogP contribution in [0.1, 0.15) is 36.0 Å². The molecule has 0 radical (unpaired) electrons. The molecule has 2 aromatic rings. The first-order chi connectivity index (χ1) is 13.6. The number of aryl methyl sites for hydroxylation is 1. The molecule has 0 bridgehead atoms. The van der Waals surface area contributed by atoms with E-state index >= 15 is 0 Å². The van der Waals surface area contributed by atoms with Crippen molar-refractivity contribution in [3.05, 3.63) is 59.2 Å². The first-order valence-electron chi connectivity index (χ1n) is 10.2. The Labute approximate surface area is 191 Å². The molecule has 5 nitrogen and oxygen atoms in total. The second-order valence-electron chi connectivity index (χ2n) is 7.63. The van der Waals surface area contributed by atoms with E-state index in [1.807, 2.05) is 24.3 Å². The molecule has 0 aliphatic heterocycles. The van der Waals surface area contributed by atoms with Crippen LogP contribution in [0.5, 0.6) is 5.75 Å². The van der Waals surface area contributed by atoms with Crippen LogP contribution < -0.4 is 15.8 Å². The van der Waals surface area contributed by atoms with Gasteiger partial charge in [-0.2, -0.15) is 0 Å². The Balaban J connectivity index is 0.00000300. The van der Waals surface area contributed by atoms with Crippen LogP contribution in [0.25, 0.3) is 0 Å². The summed E-state index contributed by atoms with van der Waals surface area (Å²) < 4.78 is 5.77. The van der Waals surface area contributed by atoms with Crippen molar-refractivity contribution in [2.75, 3.05) is 32.6 Å². The number of nitrogens with two attached hydrogens (primary N) is 1. The summed E-state index contributed by atoms with van der Waals surface area (Å²) in [6, 6.07) is 14.5. The Morgan fingerprint density at radius 3 is 2.62 bits per heavy atom. The lowest BCUT2D eigenvalue weighted by Gasteiger charge is -2.19. The minimum atomic E-state index is 0. The zero-order valence-electron chi connectivity index (χ0n) is 17.5. The van der Waals surface area contributed by atoms with Crippen LogP contribution in [0.3, 0.4) is 0 Å². The monoisotopic (exact) mass is 508 g/mol. The van der Waals surface area contributed by atoms with Crippen molar-refractivity contribution in [3.63, 3.8) is 0 Å². The van der Waals surface area contributed by atoms with Crippen LogP contribution in [0, 0.1) is 0 Å². The number of guanidine groups is 1. The molecule has 3 N–H and O–H groups in total. The summed E-state index contributed by atoms with van der Waals surface area (Å²) in [5.74, 6) is 1.36. The minimum absolute atomic E-state index is 0. The number of ether oxygens (including phenoxy) is 1. The molecule has 158 valence electrons. The van der Waals surface area contributed by atoms with Crippen molar-refractivity contribution in [2.24, 2.45) is 10.7 Å². The third-order valence-corrected chi connectivity index (χ3v) is 5.03. The highest BCUT2D eigenvalue weighted by molar-refractivity contribution is 14.0. The van der Waals surface area contributed by atoms with Gasteiger partial charge in [0.1, 0.15) is 5.75 Å². The molecule has 0 unspecified atom stereocenters. The van der Waals surface area contributed by atoms with Crippen molar-refractivity contribution < 1.29 is 4.74 Å². The molecule has 1 aliphatic carbocycles. The topological polar surface area (TPSA) is 62.9 Å². The molecule has 6 heteroatoms. The van der Waals surface area contributed by atoms with E-state index in [1.165, 1.54) is 24.0 Å². The third-order valence-electron chi connectivity index (χ3n) is 5.03. The first kappa shape index (κ1) is 23.5. The van der Waals surface area contributed by atoms with E-state index in [-0.39, 0.29) is 24.0 Å². The average Bonchev–Trinajstić information content (AvgIpc) is 2.71. The predicted octanol–water partition coefficient (Wildman–Crippen LogP) is 4.44. The van der Waals surface area contributed by atoms with Gasteiger partial charge < -0.3 is 20.7 Å². The molecule has 3 rings (SSSR count). The number of anilines is 1. The van der Waals surface area contributed by atoms with Crippen LogP contribution >= 0.6 is 24.0 Å². The third kappa shape index (κ3) is 7.51. The molecule has 0 heterocycles. The largest absolute Gasteiger partial charge is 0.494 e. The molecule has 0 fully saturated rings. The summed E-state index contributed by atoms with van der Waals surface area (Å²) in [5.41, 5.74) is 11.2. The molecule has 1 aliphatic rings. The van der Waals surface area contributed by atoms with E-state index < -0.39 is 0 Å². The summed E-state index contributed by atoms with van der Waals surface area (Å²) in [4.78, 5) is 6.66. The van der Waals surface area contributed by atoms with Crippen LogP contribution in [0.4, 0.5) is 5.69 Å². The lowest BCUT2D eigenvalue weighted by molar-refractivity contribution is 0.281. The van der Waals surface area contributed by atoms with E-state index in [1.54, 1.807) is 0 Å². The van der Waals surface area contributed by atoms with Crippen molar-refractivity contribution in [3.8, 4) is 5.75 Å². The second kappa shape index (κ2) is 12.0. The SMILES string of the molecule is CN(C)CCCOc1ccc(CN=C(N)Nc2cccc3c2CCCC3)cc1.I. The number of halogens is 1. The lowest BCUT2D eigenvalue weighted by Crippen LogP contribution is -2.24. The number of rotatable bonds is 8. The standard InChI is InChI=1S/C23H32N4O.HI/c1-27(2)15-6-16-28-20-13-11-18(12-14-20)17-25-23(24)26-22-10-5-8-19-7-3-4-9-21(19)22;/h5,8,10-14H,3-4,6-7,9,15-17H2,1-2H3,(H3,24,25,26);1H. The lowest BCUT2D eigenvalue weighted by atomic mass is 9.90. The van der Waals surface area contributed by atoms with Gasteiger partial charge in [0.2, 0.25) is 0 Å². The number of hydrogen-bond acceptors (Lipinski definition) is 3. The fourth-order valence-corrected chi connectivity index (χ4v) is 3.51. The van der Waals surface area contributed by atoms with Gasteiger partial charge in [0, 0.05) is 12.2 Å². The number of nitrogens with zero attached hydrogens (tertiary/aromatic N) is 2. The second-order valence-corrected chi connectivity index (χ2v) is 7.63. The fraction of sp³-hybridized carbons (Fsp3) is 0.435. The molecule has 0 saturated carbocycles. The summed E-state index contributed by atoms with van der Waals surface area (Å²) in [6.45, 7) is 2.31. The molecule has 2 aromatic carbocycles. The highest BCUT2D eigenvalue weighted by atomic mass is 127. The number of fused-ring (bicyclic) bond motifs is 1. The molecule has 0 atom stereocenters. The summed E-state index contributed by atoms with van der Waals surface area (Å²) >= 11 is 0. The van der Waals surface area contributed by atoms with E-state index in [4.69, 9.17) is 10.5 Å². The van der Waals surface area contributed by atoms with E-state index in [2.05, 4.69) is 47.5 Å². The maximum atomic E-state index is 6.13. The highest BCUT2D eigenvalue weighted by Crippen LogP contribution is 2.27. The van der Waals surface area contributed by atoms with Gasteiger partial charge >= 0.3 is 0 Å². The van der Waals surface area contributed by atoms with Gasteiger partial charge in [0.15, 0.2) is 5.96 Å². The molecule has 0 amide bonds. The molecular weight excluding hydrogens is 475 g/mol. The first-order valence-corrected chi connectivity index (χ1v) is 10.2. The van der Waals surface area contributed by atoms with Crippen LogP contribution in [-0.2, 0) is 19.4 Å². The number of hydrogen-bond donors (Lipinski definition) is 2. The molecule has 0 spiro atoms. The van der Waals surface area contributed by atoms with E-state index in [0.717, 1.165) is 49.4 Å². The van der Waals surface area contributed by atoms with Gasteiger partial charge in [-0.3, -0.25) is 0 Å². The molecule has 29 heavy (non-hydrogen) atoms. The molecule has 0 aromatic heterocycles. The summed E-state index contributed by atoms with van der Waals surface area (Å²) in [5, 5.41) is 3.29. The predicted molar refractivity (Wildman–Crippen MR) is 133 cm³/mol. The Bertz CT molecular complexity index is 790. The van der Waals surface area contributed by atoms with Crippen molar-refractivity contribution in [2.45, 2.75) is 38.6 Å². The number of benzene rings is 2. The van der Waals surface area contributed by atoms with Crippen LogP contribution in [0.15, 0.2) is 47.5 Å². The number of nitrogens with one attached hydrogen (secondary N) is 1. The van der Waals surface area contributed by atoms with E-state index in [9.17, 15) is 0 Å². The maximum absolute atomic E-state index is 6.13. The van der Waals surface area contributed by atoms with Gasteiger partial charge in [0.05, 0.1) is 13.2 Å². The van der Waals surface area contributed by atoms with Gasteiger partial charge in [-0.15, -0.1) is 24.0 Å². The van der Waals surface area contributed by atoms with Gasteiger partial charge in [-0.1, -0.05) is 24.3 Å². The molecule has 0 saturated heterocycles. The zero-order chi connectivity index (χ0) is 19.8. The summed E-state index contributed by atoms with van der Waals surface area (Å²) in [7, 11) is 4.14.